The minimum absolute atomic E-state index is 0.305. The number of furan rings is 1. The summed E-state index contributed by atoms with van der Waals surface area (Å²) in [5.41, 5.74) is 3.01. The Bertz CT molecular complexity index is 815. The zero-order valence-corrected chi connectivity index (χ0v) is 14.6. The molecule has 0 radical (unpaired) electrons. The molecule has 0 saturated heterocycles. The predicted molar refractivity (Wildman–Crippen MR) is 97.7 cm³/mol. The normalized spacial score (nSPS) is 10.6. The number of carbonyl (C=O) groups is 2. The molecular weight excluding hydrogens is 365 g/mol. The Morgan fingerprint density at radius 3 is 2.68 bits per heavy atom. The average Bonchev–Trinajstić information content (AvgIpc) is 3.04. The van der Waals surface area contributed by atoms with E-state index in [2.05, 4.69) is 22.4 Å². The van der Waals surface area contributed by atoms with E-state index in [1.165, 1.54) is 12.3 Å². The molecule has 8 heteroatoms. The van der Waals surface area contributed by atoms with Crippen LogP contribution in [-0.4, -0.2) is 24.6 Å². The molecule has 1 aromatic heterocycles. The Morgan fingerprint density at radius 2 is 1.96 bits per heavy atom. The molecule has 1 aromatic carbocycles. The summed E-state index contributed by atoms with van der Waals surface area (Å²) in [6.07, 6.45) is 2.54. The molecule has 0 aliphatic heterocycles. The van der Waals surface area contributed by atoms with E-state index in [0.717, 1.165) is 5.56 Å². The summed E-state index contributed by atoms with van der Waals surface area (Å²) in [6.45, 7) is 3.77. The summed E-state index contributed by atoms with van der Waals surface area (Å²) in [4.78, 5) is 22.9. The first kappa shape index (κ1) is 18.8. The van der Waals surface area contributed by atoms with Crippen LogP contribution in [0.5, 0.6) is 0 Å². The van der Waals surface area contributed by atoms with Crippen molar-refractivity contribution in [3.8, 4) is 11.3 Å². The van der Waals surface area contributed by atoms with Crippen LogP contribution in [0.15, 0.2) is 52.5 Å². The van der Waals surface area contributed by atoms with E-state index in [9.17, 15) is 9.59 Å². The molecule has 130 valence electrons. The van der Waals surface area contributed by atoms with Crippen LogP contribution in [0.2, 0.25) is 10.0 Å². The van der Waals surface area contributed by atoms with Crippen molar-refractivity contribution in [2.45, 2.75) is 6.42 Å². The van der Waals surface area contributed by atoms with Gasteiger partial charge in [-0.3, -0.25) is 9.59 Å². The topological polar surface area (TPSA) is 83.7 Å². The minimum Gasteiger partial charge on any atom is -0.455 e. The van der Waals surface area contributed by atoms with Crippen LogP contribution in [0.4, 0.5) is 0 Å². The number of nitrogens with one attached hydrogen (secondary N) is 2. The minimum atomic E-state index is -0.533. The summed E-state index contributed by atoms with van der Waals surface area (Å²) in [5, 5.41) is 7.12. The van der Waals surface area contributed by atoms with E-state index in [4.69, 9.17) is 27.6 Å². The molecule has 2 N–H and O–H groups in total. The van der Waals surface area contributed by atoms with Crippen molar-refractivity contribution in [3.63, 3.8) is 0 Å². The quantitative estimate of drug-likeness (QED) is 0.334. The van der Waals surface area contributed by atoms with Crippen LogP contribution < -0.4 is 10.7 Å². The monoisotopic (exact) mass is 379 g/mol. The van der Waals surface area contributed by atoms with Gasteiger partial charge in [0.1, 0.15) is 17.9 Å². The zero-order chi connectivity index (χ0) is 18.2. The van der Waals surface area contributed by atoms with Gasteiger partial charge in [-0.05, 0) is 30.3 Å². The molecule has 25 heavy (non-hydrogen) atoms. The molecule has 2 rings (SSSR count). The molecule has 0 atom stereocenters. The van der Waals surface area contributed by atoms with Gasteiger partial charge in [-0.15, -0.1) is 6.58 Å². The van der Waals surface area contributed by atoms with Gasteiger partial charge in [-0.25, -0.2) is 5.43 Å². The maximum absolute atomic E-state index is 11.5. The van der Waals surface area contributed by atoms with Gasteiger partial charge >= 0.3 is 0 Å². The largest absolute Gasteiger partial charge is 0.455 e. The van der Waals surface area contributed by atoms with Crippen LogP contribution in [0.3, 0.4) is 0 Å². The molecule has 0 aliphatic carbocycles. The zero-order valence-electron chi connectivity index (χ0n) is 13.1. The molecule has 2 aromatic rings. The van der Waals surface area contributed by atoms with Crippen molar-refractivity contribution in [2.24, 2.45) is 5.10 Å². The Hall–Kier alpha value is -2.57. The van der Waals surface area contributed by atoms with Gasteiger partial charge in [0.15, 0.2) is 0 Å². The number of amides is 2. The number of hydrogen-bond acceptors (Lipinski definition) is 4. The van der Waals surface area contributed by atoms with Gasteiger partial charge in [0.2, 0.25) is 11.8 Å². The fraction of sp³-hybridized carbons (Fsp3) is 0.118. The third-order valence-electron chi connectivity index (χ3n) is 2.98. The highest BCUT2D eigenvalue weighted by molar-refractivity contribution is 6.42. The maximum Gasteiger partial charge on any atom is 0.249 e. The molecule has 0 spiro atoms. The van der Waals surface area contributed by atoms with Gasteiger partial charge in [-0.2, -0.15) is 5.10 Å². The second kappa shape index (κ2) is 9.05. The molecule has 1 heterocycles. The summed E-state index contributed by atoms with van der Waals surface area (Å²) < 4.78 is 5.59. The lowest BCUT2D eigenvalue weighted by atomic mass is 10.2. The van der Waals surface area contributed by atoms with Gasteiger partial charge in [0, 0.05) is 12.1 Å². The number of carbonyl (C=O) groups excluding carboxylic acids is 2. The smallest absolute Gasteiger partial charge is 0.249 e. The first-order chi connectivity index (χ1) is 12.0. The number of nitrogens with zero attached hydrogens (tertiary/aromatic N) is 1. The Balaban J connectivity index is 1.91. The molecule has 6 nitrogen and oxygen atoms in total. The van der Waals surface area contributed by atoms with Crippen molar-refractivity contribution < 1.29 is 14.0 Å². The lowest BCUT2D eigenvalue weighted by Crippen LogP contribution is -2.29. The van der Waals surface area contributed by atoms with Crippen molar-refractivity contribution >= 4 is 41.2 Å². The van der Waals surface area contributed by atoms with Crippen LogP contribution in [-0.2, 0) is 9.59 Å². The van der Waals surface area contributed by atoms with E-state index >= 15 is 0 Å². The summed E-state index contributed by atoms with van der Waals surface area (Å²) in [5.74, 6) is 0.0641. The van der Waals surface area contributed by atoms with Gasteiger partial charge in [-0.1, -0.05) is 29.3 Å². The van der Waals surface area contributed by atoms with E-state index in [-0.39, 0.29) is 6.42 Å². The average molecular weight is 380 g/mol. The van der Waals surface area contributed by atoms with E-state index < -0.39 is 11.8 Å². The first-order valence-corrected chi connectivity index (χ1v) is 8.00. The number of benzene rings is 1. The van der Waals surface area contributed by atoms with Crippen LogP contribution in [0.25, 0.3) is 11.3 Å². The number of rotatable bonds is 7. The Labute approximate surface area is 154 Å². The van der Waals surface area contributed by atoms with Crippen molar-refractivity contribution in [1.82, 2.24) is 10.7 Å². The number of halogens is 2. The van der Waals surface area contributed by atoms with Crippen LogP contribution in [0, 0.1) is 0 Å². The Morgan fingerprint density at radius 1 is 1.16 bits per heavy atom. The first-order valence-electron chi connectivity index (χ1n) is 7.24. The molecule has 0 aliphatic rings. The highest BCUT2D eigenvalue weighted by atomic mass is 35.5. The molecule has 0 fully saturated rings. The standard InChI is InChI=1S/C17H15Cl2N3O3/c1-2-7-20-16(23)9-17(24)22-21-10-12-4-6-15(25-12)11-3-5-13(18)14(19)8-11/h2-6,8,10H,1,7,9H2,(H,20,23)(H,22,24)/b21-10-. The highest BCUT2D eigenvalue weighted by Crippen LogP contribution is 2.29. The van der Waals surface area contributed by atoms with Gasteiger partial charge in [0.25, 0.3) is 0 Å². The summed E-state index contributed by atoms with van der Waals surface area (Å²) >= 11 is 11.9. The van der Waals surface area contributed by atoms with Crippen molar-refractivity contribution in [3.05, 3.63) is 58.8 Å². The highest BCUT2D eigenvalue weighted by Gasteiger charge is 2.08. The second-order valence-electron chi connectivity index (χ2n) is 4.89. The summed E-state index contributed by atoms with van der Waals surface area (Å²) in [6, 6.07) is 8.56. The summed E-state index contributed by atoms with van der Waals surface area (Å²) in [7, 11) is 0. The number of hydrogen-bond donors (Lipinski definition) is 2. The van der Waals surface area contributed by atoms with Crippen molar-refractivity contribution in [1.29, 1.82) is 0 Å². The number of hydrazone groups is 1. The Kier molecular flexibility index (Phi) is 6.80. The maximum atomic E-state index is 11.5. The van der Waals surface area contributed by atoms with E-state index in [1.54, 1.807) is 30.3 Å². The second-order valence-corrected chi connectivity index (χ2v) is 5.71. The molecular formula is C17H15Cl2N3O3. The third-order valence-corrected chi connectivity index (χ3v) is 3.72. The lowest BCUT2D eigenvalue weighted by molar-refractivity contribution is -0.129. The molecule has 0 unspecified atom stereocenters. The third kappa shape index (κ3) is 5.77. The fourth-order valence-corrected chi connectivity index (χ4v) is 2.13. The van der Waals surface area contributed by atoms with Crippen LogP contribution in [0.1, 0.15) is 12.2 Å². The molecule has 0 saturated carbocycles. The van der Waals surface area contributed by atoms with E-state index in [0.29, 0.717) is 28.1 Å². The van der Waals surface area contributed by atoms with Gasteiger partial charge in [0.05, 0.1) is 16.3 Å². The predicted octanol–water partition coefficient (Wildman–Crippen LogP) is 3.40. The molecule has 2 amide bonds. The lowest BCUT2D eigenvalue weighted by Gasteiger charge is -2.00. The van der Waals surface area contributed by atoms with Gasteiger partial charge < -0.3 is 9.73 Å². The SMILES string of the molecule is C=CCNC(=O)CC(=O)N/N=C\c1ccc(-c2ccc(Cl)c(Cl)c2)o1. The molecule has 0 bridgehead atoms. The van der Waals surface area contributed by atoms with Crippen LogP contribution >= 0.6 is 23.2 Å². The van der Waals surface area contributed by atoms with E-state index in [1.807, 2.05) is 0 Å². The van der Waals surface area contributed by atoms with Crippen molar-refractivity contribution in [2.75, 3.05) is 6.54 Å². The fourth-order valence-electron chi connectivity index (χ4n) is 1.83.